The molecule has 0 aromatic heterocycles. The van der Waals surface area contributed by atoms with Crippen LogP contribution in [-0.2, 0) is 23.0 Å². The van der Waals surface area contributed by atoms with Crippen molar-refractivity contribution in [3.05, 3.63) is 78.0 Å². The zero-order valence-electron chi connectivity index (χ0n) is 18.4. The zero-order chi connectivity index (χ0) is 22.3. The maximum atomic E-state index is 13.3. The first-order valence-electron chi connectivity index (χ1n) is 9.92. The number of hydrogen-bond acceptors (Lipinski definition) is 4. The van der Waals surface area contributed by atoms with Gasteiger partial charge in [-0.15, -0.1) is 6.58 Å². The van der Waals surface area contributed by atoms with E-state index in [-0.39, 0.29) is 17.5 Å². The van der Waals surface area contributed by atoms with Crippen molar-refractivity contribution in [2.45, 2.75) is 51.7 Å². The molecule has 0 aliphatic rings. The summed E-state index contributed by atoms with van der Waals surface area (Å²) in [6.45, 7) is 11.6. The van der Waals surface area contributed by atoms with Gasteiger partial charge in [0.05, 0.1) is 24.7 Å². The topological polar surface area (TPSA) is 55.8 Å². The molecule has 0 fully saturated rings. The van der Waals surface area contributed by atoms with E-state index in [1.54, 1.807) is 56.7 Å². The van der Waals surface area contributed by atoms with Gasteiger partial charge in [0.25, 0.3) is 10.0 Å². The number of allylic oxidation sites excluding steroid dienone is 2. The van der Waals surface area contributed by atoms with E-state index < -0.39 is 10.0 Å². The van der Waals surface area contributed by atoms with Crippen LogP contribution < -0.4 is 9.47 Å². The van der Waals surface area contributed by atoms with Gasteiger partial charge in [0.15, 0.2) is 11.5 Å². The third-order valence-electron chi connectivity index (χ3n) is 4.51. The third kappa shape index (κ3) is 5.45. The van der Waals surface area contributed by atoms with E-state index in [4.69, 9.17) is 9.47 Å². The molecule has 0 saturated heterocycles. The van der Waals surface area contributed by atoms with Crippen LogP contribution in [-0.4, -0.2) is 25.9 Å². The van der Waals surface area contributed by atoms with Gasteiger partial charge in [-0.1, -0.05) is 35.9 Å². The van der Waals surface area contributed by atoms with Crippen LogP contribution in [0.25, 0.3) is 0 Å². The van der Waals surface area contributed by atoms with E-state index in [0.717, 1.165) is 16.7 Å². The molecule has 2 aromatic rings. The predicted molar refractivity (Wildman–Crippen MR) is 121 cm³/mol. The molecule has 0 saturated carbocycles. The van der Waals surface area contributed by atoms with Crippen molar-refractivity contribution in [3.63, 3.8) is 0 Å². The van der Waals surface area contributed by atoms with E-state index in [1.165, 1.54) is 4.31 Å². The number of rotatable bonds is 10. The standard InChI is InChI=1S/C24H31NO4S/c1-7-9-22-20(12-15-23(28-6)24(22)29-18(3)4)17-25(16-8-2)30(26,27)21-13-10-19(5)11-14-21/h7-8,10-16,18H,1,9,17H2,2-6H3/b16-8+. The highest BCUT2D eigenvalue weighted by molar-refractivity contribution is 7.89. The summed E-state index contributed by atoms with van der Waals surface area (Å²) in [7, 11) is -2.12. The fourth-order valence-corrected chi connectivity index (χ4v) is 4.43. The number of aryl methyl sites for hydroxylation is 1. The average Bonchev–Trinajstić information content (AvgIpc) is 2.70. The van der Waals surface area contributed by atoms with Gasteiger partial charge in [-0.25, -0.2) is 8.42 Å². The Kier molecular flexibility index (Phi) is 8.12. The number of nitrogens with zero attached hydrogens (tertiary/aromatic N) is 1. The van der Waals surface area contributed by atoms with E-state index in [0.29, 0.717) is 17.9 Å². The summed E-state index contributed by atoms with van der Waals surface area (Å²) in [6.07, 6.45) is 5.55. The molecule has 0 atom stereocenters. The minimum atomic E-state index is -3.71. The molecule has 0 spiro atoms. The summed E-state index contributed by atoms with van der Waals surface area (Å²) >= 11 is 0. The van der Waals surface area contributed by atoms with E-state index in [2.05, 4.69) is 6.58 Å². The summed E-state index contributed by atoms with van der Waals surface area (Å²) in [5.41, 5.74) is 2.71. The first-order chi connectivity index (χ1) is 14.2. The van der Waals surface area contributed by atoms with Crippen LogP contribution in [0.15, 0.2) is 66.2 Å². The Labute approximate surface area is 180 Å². The van der Waals surface area contributed by atoms with Gasteiger partial charge >= 0.3 is 0 Å². The highest BCUT2D eigenvalue weighted by Gasteiger charge is 2.24. The van der Waals surface area contributed by atoms with Crippen molar-refractivity contribution >= 4 is 10.0 Å². The maximum absolute atomic E-state index is 13.3. The first-order valence-corrected chi connectivity index (χ1v) is 11.4. The fraction of sp³-hybridized carbons (Fsp3) is 0.333. The van der Waals surface area contributed by atoms with Crippen molar-refractivity contribution in [2.75, 3.05) is 7.11 Å². The van der Waals surface area contributed by atoms with Crippen LogP contribution in [0.1, 0.15) is 37.5 Å². The van der Waals surface area contributed by atoms with Crippen LogP contribution in [0.4, 0.5) is 0 Å². The number of sulfonamides is 1. The first kappa shape index (κ1) is 23.5. The molecule has 0 amide bonds. The van der Waals surface area contributed by atoms with Gasteiger partial charge < -0.3 is 9.47 Å². The van der Waals surface area contributed by atoms with Gasteiger partial charge in [-0.3, -0.25) is 4.31 Å². The molecule has 30 heavy (non-hydrogen) atoms. The Morgan fingerprint density at radius 2 is 1.80 bits per heavy atom. The summed E-state index contributed by atoms with van der Waals surface area (Å²) in [6, 6.07) is 10.6. The Balaban J connectivity index is 2.55. The van der Waals surface area contributed by atoms with E-state index in [1.807, 2.05) is 32.9 Å². The Morgan fingerprint density at radius 3 is 2.33 bits per heavy atom. The Hall–Kier alpha value is -2.73. The SMILES string of the molecule is C=CCc1c(CN(/C=C/C)S(=O)(=O)c2ccc(C)cc2)ccc(OC)c1OC(C)C. The van der Waals surface area contributed by atoms with Crippen LogP contribution >= 0.6 is 0 Å². The van der Waals surface area contributed by atoms with Gasteiger partial charge in [0, 0.05) is 11.8 Å². The summed E-state index contributed by atoms with van der Waals surface area (Å²) < 4.78 is 39.4. The van der Waals surface area contributed by atoms with Crippen LogP contribution in [0.5, 0.6) is 11.5 Å². The molecule has 162 valence electrons. The molecule has 0 heterocycles. The number of methoxy groups -OCH3 is 1. The monoisotopic (exact) mass is 429 g/mol. The highest BCUT2D eigenvalue weighted by Crippen LogP contribution is 2.36. The van der Waals surface area contributed by atoms with Gasteiger partial charge in [-0.05, 0) is 57.9 Å². The Morgan fingerprint density at radius 1 is 1.13 bits per heavy atom. The second-order valence-corrected chi connectivity index (χ2v) is 9.13. The minimum absolute atomic E-state index is 0.0550. The summed E-state index contributed by atoms with van der Waals surface area (Å²) in [4.78, 5) is 0.253. The smallest absolute Gasteiger partial charge is 0.264 e. The molecular weight excluding hydrogens is 398 g/mol. The molecule has 0 N–H and O–H groups in total. The molecule has 6 heteroatoms. The predicted octanol–water partition coefficient (Wildman–Crippen LogP) is 5.24. The molecule has 0 aliphatic heterocycles. The van der Waals surface area contributed by atoms with Crippen molar-refractivity contribution in [3.8, 4) is 11.5 Å². The summed E-state index contributed by atoms with van der Waals surface area (Å²) in [5, 5.41) is 0. The van der Waals surface area contributed by atoms with Crippen LogP contribution in [0.2, 0.25) is 0 Å². The maximum Gasteiger partial charge on any atom is 0.264 e. The lowest BCUT2D eigenvalue weighted by molar-refractivity contribution is 0.227. The minimum Gasteiger partial charge on any atom is -0.493 e. The largest absolute Gasteiger partial charge is 0.493 e. The molecule has 0 aliphatic carbocycles. The number of hydrogen-bond donors (Lipinski definition) is 0. The lowest BCUT2D eigenvalue weighted by Gasteiger charge is -2.24. The molecule has 0 unspecified atom stereocenters. The van der Waals surface area contributed by atoms with Crippen molar-refractivity contribution in [1.82, 2.24) is 4.31 Å². The second kappa shape index (κ2) is 10.3. The molecule has 0 radical (unpaired) electrons. The number of benzene rings is 2. The van der Waals surface area contributed by atoms with Gasteiger partial charge in [0.2, 0.25) is 0 Å². The van der Waals surface area contributed by atoms with Crippen LogP contribution in [0.3, 0.4) is 0 Å². The third-order valence-corrected chi connectivity index (χ3v) is 6.25. The molecule has 0 bridgehead atoms. The van der Waals surface area contributed by atoms with Gasteiger partial charge in [-0.2, -0.15) is 0 Å². The molecule has 5 nitrogen and oxygen atoms in total. The van der Waals surface area contributed by atoms with E-state index >= 15 is 0 Å². The molecule has 2 rings (SSSR count). The summed E-state index contributed by atoms with van der Waals surface area (Å²) in [5.74, 6) is 1.24. The fourth-order valence-electron chi connectivity index (χ4n) is 3.09. The quantitative estimate of drug-likeness (QED) is 0.485. The van der Waals surface area contributed by atoms with Crippen molar-refractivity contribution in [1.29, 1.82) is 0 Å². The number of ether oxygens (including phenoxy) is 2. The lowest BCUT2D eigenvalue weighted by atomic mass is 10.0. The molecule has 2 aromatic carbocycles. The highest BCUT2D eigenvalue weighted by atomic mass is 32.2. The normalized spacial score (nSPS) is 11.7. The second-order valence-electron chi connectivity index (χ2n) is 7.24. The van der Waals surface area contributed by atoms with Crippen LogP contribution in [0, 0.1) is 6.92 Å². The average molecular weight is 430 g/mol. The van der Waals surface area contributed by atoms with E-state index in [9.17, 15) is 8.42 Å². The zero-order valence-corrected chi connectivity index (χ0v) is 19.2. The van der Waals surface area contributed by atoms with Gasteiger partial charge in [0.1, 0.15) is 0 Å². The lowest BCUT2D eigenvalue weighted by Crippen LogP contribution is -2.26. The Bertz CT molecular complexity index is 993. The van der Waals surface area contributed by atoms with Crippen molar-refractivity contribution in [2.24, 2.45) is 0 Å². The van der Waals surface area contributed by atoms with Crippen molar-refractivity contribution < 1.29 is 17.9 Å². The molecular formula is C24H31NO4S.